The molecule has 13 heteroatoms. The number of carbonyl (C=O) groups is 2. The SMILES string of the molecule is O=C(CCCCc1ccc(CC(NS(=O)(=O)c2ccc(C(F)(F)F)cc2)C(=O)O)s1)NC1=CCCCN1. The molecule has 1 aliphatic rings. The van der Waals surface area contributed by atoms with E-state index >= 15 is 0 Å². The van der Waals surface area contributed by atoms with E-state index in [-0.39, 0.29) is 12.3 Å². The Kier molecular flexibility index (Phi) is 9.74. The minimum atomic E-state index is -4.62. The van der Waals surface area contributed by atoms with Crippen molar-refractivity contribution in [2.45, 2.75) is 62.1 Å². The Bertz CT molecular complexity index is 1220. The van der Waals surface area contributed by atoms with Crippen molar-refractivity contribution < 1.29 is 36.3 Å². The molecule has 1 aromatic heterocycles. The third-order valence-corrected chi connectivity index (χ3v) is 8.26. The van der Waals surface area contributed by atoms with Gasteiger partial charge >= 0.3 is 12.1 Å². The minimum Gasteiger partial charge on any atom is -0.480 e. The zero-order chi connectivity index (χ0) is 27.1. The summed E-state index contributed by atoms with van der Waals surface area (Å²) in [5.74, 6) is -0.711. The number of aryl methyl sites for hydroxylation is 1. The van der Waals surface area contributed by atoms with Crippen LogP contribution in [0.25, 0.3) is 0 Å². The van der Waals surface area contributed by atoms with E-state index < -0.39 is 38.7 Å². The number of alkyl halides is 3. The summed E-state index contributed by atoms with van der Waals surface area (Å²) < 4.78 is 65.4. The third kappa shape index (κ3) is 8.86. The van der Waals surface area contributed by atoms with Gasteiger partial charge in [-0.3, -0.25) is 9.59 Å². The van der Waals surface area contributed by atoms with Crippen LogP contribution in [-0.4, -0.2) is 38.0 Å². The number of benzene rings is 1. The average molecular weight is 560 g/mol. The zero-order valence-corrected chi connectivity index (χ0v) is 21.4. The normalized spacial score (nSPS) is 14.9. The fraction of sp³-hybridized carbons (Fsp3) is 0.417. The van der Waals surface area contributed by atoms with Gasteiger partial charge in [-0.1, -0.05) is 0 Å². The maximum Gasteiger partial charge on any atom is 0.416 e. The highest BCUT2D eigenvalue weighted by molar-refractivity contribution is 7.89. The summed E-state index contributed by atoms with van der Waals surface area (Å²) in [4.78, 5) is 24.9. The quantitative estimate of drug-likeness (QED) is 0.293. The van der Waals surface area contributed by atoms with Gasteiger partial charge in [0.15, 0.2) is 0 Å². The molecule has 2 aromatic rings. The van der Waals surface area contributed by atoms with E-state index in [4.69, 9.17) is 0 Å². The minimum absolute atomic E-state index is 0.0582. The summed E-state index contributed by atoms with van der Waals surface area (Å²) in [6.07, 6.45) is 1.70. The molecule has 1 amide bonds. The van der Waals surface area contributed by atoms with Crippen molar-refractivity contribution in [1.82, 2.24) is 15.4 Å². The number of unbranched alkanes of at least 4 members (excludes halogenated alkanes) is 1. The molecule has 0 saturated carbocycles. The van der Waals surface area contributed by atoms with Crippen molar-refractivity contribution in [2.75, 3.05) is 6.54 Å². The van der Waals surface area contributed by atoms with Gasteiger partial charge < -0.3 is 15.7 Å². The second-order valence-electron chi connectivity index (χ2n) is 8.55. The summed E-state index contributed by atoms with van der Waals surface area (Å²) in [6.45, 7) is 0.839. The van der Waals surface area contributed by atoms with E-state index in [0.29, 0.717) is 36.3 Å². The molecule has 0 fully saturated rings. The van der Waals surface area contributed by atoms with Crippen LogP contribution in [0.4, 0.5) is 13.2 Å². The van der Waals surface area contributed by atoms with Crippen LogP contribution in [0.15, 0.2) is 53.2 Å². The van der Waals surface area contributed by atoms with E-state index in [1.165, 1.54) is 11.3 Å². The molecule has 1 aliphatic heterocycles. The Morgan fingerprint density at radius 3 is 2.41 bits per heavy atom. The van der Waals surface area contributed by atoms with E-state index in [1.807, 2.05) is 12.1 Å². The molecule has 0 bridgehead atoms. The monoisotopic (exact) mass is 559 g/mol. The van der Waals surface area contributed by atoms with Crippen LogP contribution >= 0.6 is 11.3 Å². The molecule has 0 saturated heterocycles. The number of aliphatic carboxylic acids is 1. The molecule has 0 spiro atoms. The van der Waals surface area contributed by atoms with Crippen molar-refractivity contribution in [3.63, 3.8) is 0 Å². The van der Waals surface area contributed by atoms with Gasteiger partial charge in [-0.05, 0) is 74.6 Å². The molecule has 2 heterocycles. The lowest BCUT2D eigenvalue weighted by molar-refractivity contribution is -0.139. The van der Waals surface area contributed by atoms with E-state index in [1.54, 1.807) is 6.07 Å². The van der Waals surface area contributed by atoms with Gasteiger partial charge in [0.1, 0.15) is 11.9 Å². The number of carboxylic acids is 1. The summed E-state index contributed by atoms with van der Waals surface area (Å²) in [7, 11) is -4.36. The highest BCUT2D eigenvalue weighted by Gasteiger charge is 2.31. The van der Waals surface area contributed by atoms with Crippen LogP contribution in [0.2, 0.25) is 0 Å². The first-order valence-electron chi connectivity index (χ1n) is 11.7. The second kappa shape index (κ2) is 12.6. The maximum absolute atomic E-state index is 12.7. The molecular formula is C24H28F3N3O5S2. The van der Waals surface area contributed by atoms with Crippen LogP contribution in [-0.2, 0) is 38.6 Å². The van der Waals surface area contributed by atoms with Crippen molar-refractivity contribution >= 4 is 33.2 Å². The number of carbonyl (C=O) groups excluding carboxylic acids is 1. The molecule has 1 aromatic carbocycles. The molecule has 1 unspecified atom stereocenters. The predicted octanol–water partition coefficient (Wildman–Crippen LogP) is 3.79. The summed E-state index contributed by atoms with van der Waals surface area (Å²) in [5.41, 5.74) is -1.01. The van der Waals surface area contributed by atoms with Crippen molar-refractivity contribution in [1.29, 1.82) is 0 Å². The fourth-order valence-corrected chi connectivity index (χ4v) is 5.96. The summed E-state index contributed by atoms with van der Waals surface area (Å²) in [6, 6.07) is 4.89. The Morgan fingerprint density at radius 1 is 1.08 bits per heavy atom. The molecule has 37 heavy (non-hydrogen) atoms. The first-order chi connectivity index (χ1) is 17.4. The van der Waals surface area contributed by atoms with Gasteiger partial charge in [0.2, 0.25) is 15.9 Å². The maximum atomic E-state index is 12.7. The van der Waals surface area contributed by atoms with Crippen LogP contribution < -0.4 is 15.4 Å². The smallest absolute Gasteiger partial charge is 0.416 e. The Balaban J connectivity index is 1.50. The number of nitrogens with one attached hydrogen (secondary N) is 3. The predicted molar refractivity (Wildman–Crippen MR) is 132 cm³/mol. The van der Waals surface area contributed by atoms with Gasteiger partial charge in [-0.2, -0.15) is 17.9 Å². The van der Waals surface area contributed by atoms with Crippen LogP contribution in [0.1, 0.15) is 47.4 Å². The molecule has 1 atom stereocenters. The van der Waals surface area contributed by atoms with Crippen molar-refractivity contribution in [2.24, 2.45) is 0 Å². The molecule has 0 radical (unpaired) electrons. The lowest BCUT2D eigenvalue weighted by Crippen LogP contribution is -2.42. The summed E-state index contributed by atoms with van der Waals surface area (Å²) in [5, 5.41) is 15.5. The molecule has 8 nitrogen and oxygen atoms in total. The lowest BCUT2D eigenvalue weighted by Gasteiger charge is -2.16. The lowest BCUT2D eigenvalue weighted by atomic mass is 10.1. The second-order valence-corrected chi connectivity index (χ2v) is 11.5. The average Bonchev–Trinajstić information content (AvgIpc) is 3.28. The molecule has 4 N–H and O–H groups in total. The van der Waals surface area contributed by atoms with E-state index in [2.05, 4.69) is 15.4 Å². The van der Waals surface area contributed by atoms with Gasteiger partial charge in [0.05, 0.1) is 10.5 Å². The van der Waals surface area contributed by atoms with Crippen LogP contribution in [0.5, 0.6) is 0 Å². The summed E-state index contributed by atoms with van der Waals surface area (Å²) >= 11 is 1.35. The number of hydrogen-bond acceptors (Lipinski definition) is 6. The largest absolute Gasteiger partial charge is 0.480 e. The number of sulfonamides is 1. The Hall–Kier alpha value is -2.90. The zero-order valence-electron chi connectivity index (χ0n) is 19.8. The molecule has 202 valence electrons. The van der Waals surface area contributed by atoms with Gasteiger partial charge in [0.25, 0.3) is 0 Å². The molecule has 0 aliphatic carbocycles. The number of amides is 1. The van der Waals surface area contributed by atoms with Crippen molar-refractivity contribution in [3.8, 4) is 0 Å². The number of halogens is 3. The number of carboxylic acid groups (broad SMARTS) is 1. The number of hydrogen-bond donors (Lipinski definition) is 4. The molecular weight excluding hydrogens is 531 g/mol. The van der Waals surface area contributed by atoms with Gasteiger partial charge in [-0.15, -0.1) is 11.3 Å². The van der Waals surface area contributed by atoms with Gasteiger partial charge in [-0.25, -0.2) is 8.42 Å². The number of allylic oxidation sites excluding steroid dienone is 1. The Labute approximate surface area is 217 Å². The third-order valence-electron chi connectivity index (χ3n) is 5.61. The fourth-order valence-electron chi connectivity index (χ4n) is 3.66. The first kappa shape index (κ1) is 28.7. The number of rotatable bonds is 12. The van der Waals surface area contributed by atoms with Gasteiger partial charge in [0, 0.05) is 29.1 Å². The first-order valence-corrected chi connectivity index (χ1v) is 14.0. The highest BCUT2D eigenvalue weighted by Crippen LogP contribution is 2.30. The van der Waals surface area contributed by atoms with Crippen LogP contribution in [0.3, 0.4) is 0 Å². The standard InChI is InChI=1S/C24H28F3N3O5S2/c25-24(26,27)16-8-12-19(13-9-16)37(34,35)30-20(23(32)33)15-18-11-10-17(36-18)5-1-2-7-22(31)29-21-6-3-4-14-28-21/h6,8-13,20,28,30H,1-5,7,14-15H2,(H,29,31)(H,32,33). The molecule has 3 rings (SSSR count). The van der Waals surface area contributed by atoms with Crippen LogP contribution in [0, 0.1) is 0 Å². The Morgan fingerprint density at radius 2 is 1.78 bits per heavy atom. The van der Waals surface area contributed by atoms with E-state index in [9.17, 15) is 36.3 Å². The van der Waals surface area contributed by atoms with Crippen molar-refractivity contribution in [3.05, 3.63) is 63.6 Å². The number of thiophene rings is 1. The van der Waals surface area contributed by atoms with E-state index in [0.717, 1.165) is 48.6 Å². The highest BCUT2D eigenvalue weighted by atomic mass is 32.2. The topological polar surface area (TPSA) is 125 Å².